The zero-order valence-corrected chi connectivity index (χ0v) is 9.71. The number of pyridine rings is 1. The van der Waals surface area contributed by atoms with Crippen LogP contribution in [0.3, 0.4) is 0 Å². The molecule has 0 spiro atoms. The first-order chi connectivity index (χ1) is 8.33. The van der Waals surface area contributed by atoms with Crippen LogP contribution in [0.2, 0.25) is 0 Å². The maximum Gasteiger partial charge on any atom is 0.0273 e. The number of hydrogen-bond acceptors (Lipinski definition) is 2. The molecule has 0 aliphatic heterocycles. The molecule has 0 saturated heterocycles. The van der Waals surface area contributed by atoms with E-state index in [2.05, 4.69) is 29.2 Å². The minimum Gasteiger partial charge on any atom is -0.328 e. The molecule has 1 aromatic heterocycles. The Hall–Kier alpha value is -1.67. The molecule has 0 amide bonds. The van der Waals surface area contributed by atoms with Gasteiger partial charge in [0, 0.05) is 18.4 Å². The Kier molecular flexibility index (Phi) is 2.65. The highest BCUT2D eigenvalue weighted by molar-refractivity contribution is 5.63. The van der Waals surface area contributed by atoms with Gasteiger partial charge in [-0.25, -0.2) is 0 Å². The van der Waals surface area contributed by atoms with Crippen LogP contribution < -0.4 is 5.73 Å². The highest BCUT2D eigenvalue weighted by Crippen LogP contribution is 2.36. The van der Waals surface area contributed by atoms with Gasteiger partial charge < -0.3 is 5.73 Å². The highest BCUT2D eigenvalue weighted by Gasteiger charge is 2.26. The van der Waals surface area contributed by atoms with E-state index in [1.165, 1.54) is 16.7 Å². The van der Waals surface area contributed by atoms with E-state index in [0.717, 1.165) is 12.8 Å². The molecule has 1 heterocycles. The van der Waals surface area contributed by atoms with E-state index < -0.39 is 0 Å². The first kappa shape index (κ1) is 10.5. The van der Waals surface area contributed by atoms with Crippen molar-refractivity contribution >= 4 is 0 Å². The highest BCUT2D eigenvalue weighted by atomic mass is 14.7. The molecular weight excluding hydrogens is 208 g/mol. The smallest absolute Gasteiger partial charge is 0.0273 e. The van der Waals surface area contributed by atoms with Crippen LogP contribution in [-0.4, -0.2) is 11.0 Å². The topological polar surface area (TPSA) is 38.9 Å². The van der Waals surface area contributed by atoms with Crippen molar-refractivity contribution in [3.8, 4) is 11.1 Å². The molecule has 1 aliphatic rings. The van der Waals surface area contributed by atoms with Gasteiger partial charge in [0.1, 0.15) is 0 Å². The molecule has 2 N–H and O–H groups in total. The number of hydrogen-bond donors (Lipinski definition) is 1. The summed E-state index contributed by atoms with van der Waals surface area (Å²) in [6.45, 7) is 0. The predicted octanol–water partition coefficient (Wildman–Crippen LogP) is 2.95. The minimum absolute atomic E-state index is 0.417. The minimum atomic E-state index is 0.417. The van der Waals surface area contributed by atoms with Gasteiger partial charge in [0.05, 0.1) is 0 Å². The Morgan fingerprint density at radius 1 is 0.882 bits per heavy atom. The largest absolute Gasteiger partial charge is 0.328 e. The number of aromatic nitrogens is 1. The van der Waals surface area contributed by atoms with E-state index in [1.54, 1.807) is 0 Å². The average Bonchev–Trinajstić information content (AvgIpc) is 2.36. The summed E-state index contributed by atoms with van der Waals surface area (Å²) in [4.78, 5) is 4.03. The summed E-state index contributed by atoms with van der Waals surface area (Å²) >= 11 is 0. The lowest BCUT2D eigenvalue weighted by Gasteiger charge is -2.32. The summed E-state index contributed by atoms with van der Waals surface area (Å²) in [6, 6.07) is 13.3. The van der Waals surface area contributed by atoms with E-state index in [4.69, 9.17) is 5.73 Å². The van der Waals surface area contributed by atoms with E-state index in [1.807, 2.05) is 24.5 Å². The molecule has 3 rings (SSSR count). The van der Waals surface area contributed by atoms with Crippen molar-refractivity contribution in [3.05, 3.63) is 54.4 Å². The third-order valence-corrected chi connectivity index (χ3v) is 3.57. The second kappa shape index (κ2) is 4.30. The molecule has 1 fully saturated rings. The van der Waals surface area contributed by atoms with Gasteiger partial charge in [0.2, 0.25) is 0 Å². The second-order valence-electron chi connectivity index (χ2n) is 4.79. The Balaban J connectivity index is 1.81. The van der Waals surface area contributed by atoms with Crippen molar-refractivity contribution in [1.29, 1.82) is 0 Å². The summed E-state index contributed by atoms with van der Waals surface area (Å²) in [7, 11) is 0. The molecule has 2 nitrogen and oxygen atoms in total. The zero-order valence-electron chi connectivity index (χ0n) is 9.71. The number of benzene rings is 1. The van der Waals surface area contributed by atoms with Crippen molar-refractivity contribution in [3.63, 3.8) is 0 Å². The van der Waals surface area contributed by atoms with Crippen LogP contribution in [-0.2, 0) is 0 Å². The van der Waals surface area contributed by atoms with Crippen molar-refractivity contribution in [2.45, 2.75) is 24.8 Å². The van der Waals surface area contributed by atoms with Gasteiger partial charge in [-0.15, -0.1) is 0 Å². The van der Waals surface area contributed by atoms with Gasteiger partial charge in [-0.1, -0.05) is 24.3 Å². The van der Waals surface area contributed by atoms with Crippen molar-refractivity contribution in [2.75, 3.05) is 0 Å². The standard InChI is InChI=1S/C15H16N2/c16-15-9-14(10-15)12-3-1-11(2-4-12)13-5-7-17-8-6-13/h1-8,14-15H,9-10,16H2. The lowest BCUT2D eigenvalue weighted by Crippen LogP contribution is -2.34. The Morgan fingerprint density at radius 2 is 1.47 bits per heavy atom. The maximum absolute atomic E-state index is 5.82. The quantitative estimate of drug-likeness (QED) is 0.851. The first-order valence-electron chi connectivity index (χ1n) is 6.09. The van der Waals surface area contributed by atoms with Crippen molar-refractivity contribution in [2.24, 2.45) is 5.73 Å². The molecule has 0 atom stereocenters. The third-order valence-electron chi connectivity index (χ3n) is 3.57. The van der Waals surface area contributed by atoms with Crippen LogP contribution in [0.25, 0.3) is 11.1 Å². The van der Waals surface area contributed by atoms with E-state index in [-0.39, 0.29) is 0 Å². The van der Waals surface area contributed by atoms with Gasteiger partial charge in [0.25, 0.3) is 0 Å². The molecule has 0 radical (unpaired) electrons. The summed E-state index contributed by atoms with van der Waals surface area (Å²) in [5, 5.41) is 0. The van der Waals surface area contributed by atoms with E-state index in [9.17, 15) is 0 Å². The van der Waals surface area contributed by atoms with Gasteiger partial charge in [-0.05, 0) is 47.6 Å². The summed E-state index contributed by atoms with van der Waals surface area (Å²) in [5.74, 6) is 0.677. The lowest BCUT2D eigenvalue weighted by molar-refractivity contribution is 0.351. The molecule has 2 heteroatoms. The monoisotopic (exact) mass is 224 g/mol. The Morgan fingerprint density at radius 3 is 2.06 bits per heavy atom. The fourth-order valence-corrected chi connectivity index (χ4v) is 2.43. The van der Waals surface area contributed by atoms with Gasteiger partial charge in [0.15, 0.2) is 0 Å². The van der Waals surface area contributed by atoms with Crippen LogP contribution >= 0.6 is 0 Å². The second-order valence-corrected chi connectivity index (χ2v) is 4.79. The normalized spacial score (nSPS) is 23.1. The molecular formula is C15H16N2. The molecule has 0 bridgehead atoms. The SMILES string of the molecule is NC1CC(c2ccc(-c3ccncc3)cc2)C1. The van der Waals surface area contributed by atoms with Crippen molar-refractivity contribution < 1.29 is 0 Å². The fraction of sp³-hybridized carbons (Fsp3) is 0.267. The van der Waals surface area contributed by atoms with Crippen LogP contribution in [0.5, 0.6) is 0 Å². The molecule has 1 aliphatic carbocycles. The summed E-state index contributed by atoms with van der Waals surface area (Å²) in [5.41, 5.74) is 9.71. The molecule has 17 heavy (non-hydrogen) atoms. The summed E-state index contributed by atoms with van der Waals surface area (Å²) in [6.07, 6.45) is 5.92. The van der Waals surface area contributed by atoms with E-state index in [0.29, 0.717) is 12.0 Å². The van der Waals surface area contributed by atoms with Crippen molar-refractivity contribution in [1.82, 2.24) is 4.98 Å². The molecule has 1 aromatic carbocycles. The zero-order chi connectivity index (χ0) is 11.7. The maximum atomic E-state index is 5.82. The van der Waals surface area contributed by atoms with Gasteiger partial charge in [-0.2, -0.15) is 0 Å². The first-order valence-corrected chi connectivity index (χ1v) is 6.09. The number of nitrogens with two attached hydrogens (primary N) is 1. The Labute approximate surface area is 102 Å². The molecule has 86 valence electrons. The Bertz CT molecular complexity index is 484. The number of nitrogens with zero attached hydrogens (tertiary/aromatic N) is 1. The molecule has 0 unspecified atom stereocenters. The lowest BCUT2D eigenvalue weighted by atomic mass is 9.76. The van der Waals surface area contributed by atoms with Crippen LogP contribution in [0.15, 0.2) is 48.8 Å². The summed E-state index contributed by atoms with van der Waals surface area (Å²) < 4.78 is 0. The van der Waals surface area contributed by atoms with Crippen LogP contribution in [0.1, 0.15) is 24.3 Å². The van der Waals surface area contributed by atoms with Gasteiger partial charge >= 0.3 is 0 Å². The predicted molar refractivity (Wildman–Crippen MR) is 69.6 cm³/mol. The van der Waals surface area contributed by atoms with E-state index >= 15 is 0 Å². The fourth-order valence-electron chi connectivity index (χ4n) is 2.43. The average molecular weight is 224 g/mol. The third kappa shape index (κ3) is 2.08. The van der Waals surface area contributed by atoms with Crippen LogP contribution in [0, 0.1) is 0 Å². The molecule has 2 aromatic rings. The van der Waals surface area contributed by atoms with Gasteiger partial charge in [-0.3, -0.25) is 4.98 Å². The molecule has 1 saturated carbocycles. The van der Waals surface area contributed by atoms with Crippen LogP contribution in [0.4, 0.5) is 0 Å². The number of rotatable bonds is 2.